The van der Waals surface area contributed by atoms with E-state index in [9.17, 15) is 0 Å². The minimum Gasteiger partial charge on any atom is -1.00 e. The molecule has 0 radical (unpaired) electrons. The van der Waals surface area contributed by atoms with Crippen molar-refractivity contribution in [1.29, 1.82) is 0 Å². The molecule has 1 aromatic rings. The Kier molecular flexibility index (Phi) is 8.88. The summed E-state index contributed by atoms with van der Waals surface area (Å²) in [4.78, 5) is 0. The maximum Gasteiger partial charge on any atom is 0.0945 e. The second-order valence-corrected chi connectivity index (χ2v) is 15.5. The van der Waals surface area contributed by atoms with E-state index in [0.29, 0.717) is 10.8 Å². The Balaban J connectivity index is 0.00000320. The molecule has 9 unspecified atom stereocenters. The monoisotopic (exact) mass is 527 g/mol. The van der Waals surface area contributed by atoms with E-state index in [1.807, 2.05) is 0 Å². The van der Waals surface area contributed by atoms with Crippen molar-refractivity contribution in [3.05, 3.63) is 35.9 Å². The highest BCUT2D eigenvalue weighted by molar-refractivity contribution is 5.16. The summed E-state index contributed by atoms with van der Waals surface area (Å²) in [6.07, 6.45) is 17.5. The van der Waals surface area contributed by atoms with Crippen LogP contribution in [0.1, 0.15) is 111 Å². The molecule has 4 fully saturated rings. The molecule has 0 N–H and O–H groups in total. The predicted octanol–water partition coefficient (Wildman–Crippen LogP) is 6.16. The highest BCUT2D eigenvalue weighted by atomic mass is 35.5. The first kappa shape index (κ1) is 29.5. The van der Waals surface area contributed by atoms with Crippen LogP contribution in [-0.4, -0.2) is 30.7 Å². The van der Waals surface area contributed by atoms with Gasteiger partial charge in [0.1, 0.15) is 0 Å². The molecule has 210 valence electrons. The third-order valence-corrected chi connectivity index (χ3v) is 13.1. The lowest BCUT2D eigenvalue weighted by Gasteiger charge is -2.65. The zero-order valence-corrected chi connectivity index (χ0v) is 26.1. The number of benzene rings is 1. The van der Waals surface area contributed by atoms with Gasteiger partial charge in [-0.15, -0.1) is 0 Å². The van der Waals surface area contributed by atoms with Gasteiger partial charge in [0, 0.05) is 24.7 Å². The molecule has 1 saturated heterocycles. The maximum atomic E-state index is 2.76. The molecule has 3 saturated carbocycles. The highest BCUT2D eigenvalue weighted by Gasteiger charge is 2.64. The molecule has 1 heterocycles. The lowest BCUT2D eigenvalue weighted by atomic mass is 9.46. The van der Waals surface area contributed by atoms with Crippen LogP contribution in [0.25, 0.3) is 0 Å². The molecule has 0 spiro atoms. The fourth-order valence-corrected chi connectivity index (χ4v) is 11.2. The molecule has 0 bridgehead atoms. The Hall–Kier alpha value is -0.530. The first-order valence-electron chi connectivity index (χ1n) is 15.9. The van der Waals surface area contributed by atoms with Gasteiger partial charge in [-0.2, -0.15) is 0 Å². The van der Waals surface area contributed by atoms with Crippen LogP contribution in [0.3, 0.4) is 0 Å². The van der Waals surface area contributed by atoms with Crippen molar-refractivity contribution in [2.75, 3.05) is 14.1 Å². The normalized spacial score (nSPS) is 41.3. The smallest absolute Gasteiger partial charge is 0.0945 e. The van der Waals surface area contributed by atoms with Gasteiger partial charge in [-0.3, -0.25) is 0 Å². The van der Waals surface area contributed by atoms with Crippen molar-refractivity contribution in [1.82, 2.24) is 0 Å². The molecule has 37 heavy (non-hydrogen) atoms. The fraction of sp³-hybridized carbons (Fsp3) is 0.829. The molecular formula is C35H58ClN. The maximum absolute atomic E-state index is 2.76. The fourth-order valence-electron chi connectivity index (χ4n) is 11.2. The molecule has 3 aliphatic carbocycles. The van der Waals surface area contributed by atoms with Crippen molar-refractivity contribution in [3.63, 3.8) is 0 Å². The summed E-state index contributed by atoms with van der Waals surface area (Å²) in [5, 5.41) is 0. The number of fused-ring (bicyclic) bond motifs is 5. The molecule has 1 aromatic carbocycles. The van der Waals surface area contributed by atoms with Gasteiger partial charge in [0.05, 0.1) is 26.2 Å². The van der Waals surface area contributed by atoms with Crippen molar-refractivity contribution < 1.29 is 16.9 Å². The van der Waals surface area contributed by atoms with Crippen LogP contribution in [0.2, 0.25) is 0 Å². The summed E-state index contributed by atoms with van der Waals surface area (Å²) in [5.74, 6) is 5.74. The molecule has 1 aliphatic heterocycles. The van der Waals surface area contributed by atoms with Crippen LogP contribution in [0, 0.1) is 46.3 Å². The number of quaternary nitrogens is 1. The lowest BCUT2D eigenvalue weighted by molar-refractivity contribution is -0.954. The average molecular weight is 528 g/mol. The summed E-state index contributed by atoms with van der Waals surface area (Å²) in [5.41, 5.74) is 2.71. The van der Waals surface area contributed by atoms with E-state index in [-0.39, 0.29) is 12.4 Å². The summed E-state index contributed by atoms with van der Waals surface area (Å²) in [6.45, 7) is 12.9. The van der Waals surface area contributed by atoms with Crippen molar-refractivity contribution >= 4 is 0 Å². The van der Waals surface area contributed by atoms with E-state index < -0.39 is 0 Å². The summed E-state index contributed by atoms with van der Waals surface area (Å²) < 4.78 is 1.26. The zero-order chi connectivity index (χ0) is 25.7. The Labute approximate surface area is 236 Å². The van der Waals surface area contributed by atoms with Gasteiger partial charge in [-0.25, -0.2) is 0 Å². The van der Waals surface area contributed by atoms with E-state index in [0.717, 1.165) is 47.6 Å². The first-order chi connectivity index (χ1) is 17.1. The van der Waals surface area contributed by atoms with Crippen LogP contribution in [0.4, 0.5) is 0 Å². The van der Waals surface area contributed by atoms with Crippen LogP contribution in [0.5, 0.6) is 0 Å². The van der Waals surface area contributed by atoms with Crippen LogP contribution >= 0.6 is 0 Å². The first-order valence-corrected chi connectivity index (χ1v) is 15.9. The molecule has 0 aromatic heterocycles. The minimum atomic E-state index is 0. The van der Waals surface area contributed by atoms with Crippen LogP contribution in [-0.2, 0) is 6.42 Å². The Bertz CT molecular complexity index is 879. The molecule has 0 amide bonds. The van der Waals surface area contributed by atoms with Gasteiger partial charge in [0.2, 0.25) is 0 Å². The van der Waals surface area contributed by atoms with Gasteiger partial charge < -0.3 is 16.9 Å². The number of likely N-dealkylation sites (N-methyl/N-ethyl adjacent to an activating group) is 1. The number of likely N-dealkylation sites (tertiary alicyclic amines) is 1. The van der Waals surface area contributed by atoms with E-state index in [4.69, 9.17) is 0 Å². The number of rotatable bonds is 7. The lowest BCUT2D eigenvalue weighted by Crippen LogP contribution is -3.00. The van der Waals surface area contributed by atoms with E-state index in [1.54, 1.807) is 5.56 Å². The average Bonchev–Trinajstić information content (AvgIpc) is 3.19. The van der Waals surface area contributed by atoms with Crippen LogP contribution in [0.15, 0.2) is 30.3 Å². The number of nitrogens with zero attached hydrogens (tertiary/aromatic N) is 1. The van der Waals surface area contributed by atoms with Gasteiger partial charge in [-0.1, -0.05) is 84.2 Å². The SMILES string of the molecule is CC(C)CCCC(C)C1CCC2C3CCC4C(C)(CCC(Cc5ccccc5)[N+]4(C)C)C3CCC12C.[Cl-]. The Morgan fingerprint density at radius 3 is 2.19 bits per heavy atom. The largest absolute Gasteiger partial charge is 1.00 e. The molecule has 1 nitrogen and oxygen atoms in total. The standard InChI is InChI=1S/C35H58N.ClH/c1-25(2)12-11-13-26(3)30-17-18-31-29-16-19-33-35(5,32(29)21-23-34(30,31)4)22-20-28(36(33,6)7)24-27-14-9-8-10-15-27;/h8-10,14-15,25-26,28-33H,11-13,16-24H2,1-7H3;1H/q+1;/p-1. The molecular weight excluding hydrogens is 470 g/mol. The number of halogens is 1. The third-order valence-electron chi connectivity index (χ3n) is 13.1. The van der Waals surface area contributed by atoms with E-state index in [2.05, 4.69) is 79.0 Å². The van der Waals surface area contributed by atoms with Crippen molar-refractivity contribution in [2.24, 2.45) is 46.3 Å². The topological polar surface area (TPSA) is 0 Å². The molecule has 9 atom stereocenters. The van der Waals surface area contributed by atoms with Gasteiger partial charge >= 0.3 is 0 Å². The van der Waals surface area contributed by atoms with E-state index >= 15 is 0 Å². The molecule has 5 rings (SSSR count). The van der Waals surface area contributed by atoms with Crippen molar-refractivity contribution in [2.45, 2.75) is 124 Å². The second-order valence-electron chi connectivity index (χ2n) is 15.5. The number of hydrogen-bond donors (Lipinski definition) is 0. The highest BCUT2D eigenvalue weighted by Crippen LogP contribution is 2.68. The second kappa shape index (κ2) is 11.2. The number of piperidine rings is 1. The summed E-state index contributed by atoms with van der Waals surface area (Å²) in [7, 11) is 5.21. The Morgan fingerprint density at radius 2 is 1.49 bits per heavy atom. The summed E-state index contributed by atoms with van der Waals surface area (Å²) in [6, 6.07) is 13.0. The van der Waals surface area contributed by atoms with Crippen molar-refractivity contribution in [3.8, 4) is 0 Å². The Morgan fingerprint density at radius 1 is 0.811 bits per heavy atom. The van der Waals surface area contributed by atoms with Crippen LogP contribution < -0.4 is 12.4 Å². The van der Waals surface area contributed by atoms with Gasteiger partial charge in [0.15, 0.2) is 0 Å². The summed E-state index contributed by atoms with van der Waals surface area (Å²) >= 11 is 0. The van der Waals surface area contributed by atoms with E-state index in [1.165, 1.54) is 81.5 Å². The predicted molar refractivity (Wildman–Crippen MR) is 155 cm³/mol. The molecule has 2 heteroatoms. The van der Waals surface area contributed by atoms with Gasteiger partial charge in [-0.05, 0) is 85.0 Å². The van der Waals surface area contributed by atoms with Gasteiger partial charge in [0.25, 0.3) is 0 Å². The zero-order valence-electron chi connectivity index (χ0n) is 25.3. The minimum absolute atomic E-state index is 0. The number of hydrogen-bond acceptors (Lipinski definition) is 0. The third kappa shape index (κ3) is 5.19. The molecule has 4 aliphatic rings. The quantitative estimate of drug-likeness (QED) is 0.372.